The molecule has 0 aliphatic carbocycles. The lowest BCUT2D eigenvalue weighted by Crippen LogP contribution is -2.34. The van der Waals surface area contributed by atoms with Gasteiger partial charge in [-0.15, -0.1) is 11.3 Å². The van der Waals surface area contributed by atoms with Gasteiger partial charge in [-0.3, -0.25) is 0 Å². The summed E-state index contributed by atoms with van der Waals surface area (Å²) in [6, 6.07) is 0.392. The van der Waals surface area contributed by atoms with Gasteiger partial charge in [0.2, 0.25) is 0 Å². The normalized spacial score (nSPS) is 28.1. The molecule has 1 aromatic rings. The highest BCUT2D eigenvalue weighted by atomic mass is 32.2. The molecule has 2 nitrogen and oxygen atoms in total. The Morgan fingerprint density at radius 3 is 3.13 bits per heavy atom. The molecular weight excluding hydrogens is 224 g/mol. The molecule has 1 aliphatic heterocycles. The van der Waals surface area contributed by atoms with Gasteiger partial charge in [-0.25, -0.2) is 4.98 Å². The van der Waals surface area contributed by atoms with Gasteiger partial charge in [0.15, 0.2) is 0 Å². The maximum absolute atomic E-state index is 4.33. The third kappa shape index (κ3) is 2.95. The second-order valence-electron chi connectivity index (χ2n) is 4.37. The number of rotatable bonds is 4. The van der Waals surface area contributed by atoms with Crippen LogP contribution in [0.1, 0.15) is 37.7 Å². The molecule has 1 saturated heterocycles. The van der Waals surface area contributed by atoms with Crippen molar-refractivity contribution in [3.63, 3.8) is 0 Å². The van der Waals surface area contributed by atoms with Crippen LogP contribution in [0.15, 0.2) is 11.6 Å². The third-order valence-corrected chi connectivity index (χ3v) is 5.40. The van der Waals surface area contributed by atoms with Crippen LogP contribution in [0.4, 0.5) is 0 Å². The molecule has 2 unspecified atom stereocenters. The van der Waals surface area contributed by atoms with Crippen molar-refractivity contribution in [2.45, 2.75) is 37.5 Å². The van der Waals surface area contributed by atoms with Crippen LogP contribution < -0.4 is 5.32 Å². The van der Waals surface area contributed by atoms with E-state index in [1.54, 1.807) is 11.3 Å². The monoisotopic (exact) mass is 242 g/mol. The molecule has 0 aromatic carbocycles. The van der Waals surface area contributed by atoms with Gasteiger partial charge in [0.25, 0.3) is 0 Å². The SMILES string of the molecule is CC(NCC1(C)CCCS1)c1nccs1. The van der Waals surface area contributed by atoms with Crippen molar-refractivity contribution < 1.29 is 0 Å². The van der Waals surface area contributed by atoms with Crippen molar-refractivity contribution >= 4 is 23.1 Å². The Morgan fingerprint density at radius 1 is 1.67 bits per heavy atom. The Bertz CT molecular complexity index is 292. The lowest BCUT2D eigenvalue weighted by Gasteiger charge is -2.25. The van der Waals surface area contributed by atoms with Crippen LogP contribution in [-0.2, 0) is 0 Å². The van der Waals surface area contributed by atoms with Gasteiger partial charge in [-0.2, -0.15) is 11.8 Å². The van der Waals surface area contributed by atoms with Gasteiger partial charge < -0.3 is 5.32 Å². The van der Waals surface area contributed by atoms with E-state index in [1.165, 1.54) is 23.6 Å². The van der Waals surface area contributed by atoms with Crippen LogP contribution in [0.3, 0.4) is 0 Å². The minimum atomic E-state index is 0.392. The maximum Gasteiger partial charge on any atom is 0.109 e. The van der Waals surface area contributed by atoms with Crippen molar-refractivity contribution in [2.75, 3.05) is 12.3 Å². The Hall–Kier alpha value is -0.0600. The Kier molecular flexibility index (Phi) is 3.69. The summed E-state index contributed by atoms with van der Waals surface area (Å²) in [7, 11) is 0. The molecule has 1 aromatic heterocycles. The molecular formula is C11H18N2S2. The fourth-order valence-electron chi connectivity index (χ4n) is 1.88. The minimum Gasteiger partial charge on any atom is -0.307 e. The first kappa shape index (κ1) is 11.4. The summed E-state index contributed by atoms with van der Waals surface area (Å²) >= 11 is 3.84. The summed E-state index contributed by atoms with van der Waals surface area (Å²) in [4.78, 5) is 4.33. The lowest BCUT2D eigenvalue weighted by molar-refractivity contribution is 0.489. The summed E-state index contributed by atoms with van der Waals surface area (Å²) in [5.74, 6) is 1.32. The number of thiazole rings is 1. The van der Waals surface area contributed by atoms with Crippen molar-refractivity contribution in [3.8, 4) is 0 Å². The van der Waals surface area contributed by atoms with Crippen LogP contribution >= 0.6 is 23.1 Å². The Labute approximate surface area is 99.9 Å². The molecule has 1 N–H and O–H groups in total. The molecule has 4 heteroatoms. The number of hydrogen-bond donors (Lipinski definition) is 1. The predicted octanol–water partition coefficient (Wildman–Crippen LogP) is 3.08. The average molecular weight is 242 g/mol. The predicted molar refractivity (Wildman–Crippen MR) is 68.6 cm³/mol. The zero-order valence-corrected chi connectivity index (χ0v) is 11.0. The number of hydrogen-bond acceptors (Lipinski definition) is 4. The van der Waals surface area contributed by atoms with E-state index >= 15 is 0 Å². The summed E-state index contributed by atoms with van der Waals surface area (Å²) in [5, 5.41) is 6.83. The highest BCUT2D eigenvalue weighted by molar-refractivity contribution is 8.00. The van der Waals surface area contributed by atoms with Crippen molar-refractivity contribution in [1.82, 2.24) is 10.3 Å². The smallest absolute Gasteiger partial charge is 0.109 e. The molecule has 0 amide bonds. The summed E-state index contributed by atoms with van der Waals surface area (Å²) in [6.45, 7) is 5.66. The molecule has 2 heterocycles. The van der Waals surface area contributed by atoms with Gasteiger partial charge >= 0.3 is 0 Å². The molecule has 0 bridgehead atoms. The van der Waals surface area contributed by atoms with E-state index in [-0.39, 0.29) is 0 Å². The largest absolute Gasteiger partial charge is 0.307 e. The van der Waals surface area contributed by atoms with E-state index < -0.39 is 0 Å². The van der Waals surface area contributed by atoms with Gasteiger partial charge in [-0.1, -0.05) is 0 Å². The second kappa shape index (κ2) is 4.85. The van der Waals surface area contributed by atoms with Crippen molar-refractivity contribution in [3.05, 3.63) is 16.6 Å². The highest BCUT2D eigenvalue weighted by Gasteiger charge is 2.29. The average Bonchev–Trinajstić information content (AvgIpc) is 2.85. The van der Waals surface area contributed by atoms with E-state index in [2.05, 4.69) is 35.9 Å². The number of nitrogens with zero attached hydrogens (tertiary/aromatic N) is 1. The van der Waals surface area contributed by atoms with Gasteiger partial charge in [-0.05, 0) is 32.4 Å². The molecule has 2 rings (SSSR count). The number of thioether (sulfide) groups is 1. The first-order valence-electron chi connectivity index (χ1n) is 5.46. The molecule has 84 valence electrons. The van der Waals surface area contributed by atoms with E-state index in [4.69, 9.17) is 0 Å². The molecule has 1 aliphatic rings. The number of nitrogens with one attached hydrogen (secondary N) is 1. The molecule has 0 saturated carbocycles. The molecule has 1 fully saturated rings. The van der Waals surface area contributed by atoms with Crippen LogP contribution in [0.2, 0.25) is 0 Å². The molecule has 0 radical (unpaired) electrons. The maximum atomic E-state index is 4.33. The van der Waals surface area contributed by atoms with E-state index in [1.807, 2.05) is 11.6 Å². The van der Waals surface area contributed by atoms with Crippen LogP contribution in [0.5, 0.6) is 0 Å². The fourth-order valence-corrected chi connectivity index (χ4v) is 3.81. The summed E-state index contributed by atoms with van der Waals surface area (Å²) in [6.07, 6.45) is 4.59. The zero-order chi connectivity index (χ0) is 10.7. The van der Waals surface area contributed by atoms with Crippen LogP contribution in [-0.4, -0.2) is 22.0 Å². The summed E-state index contributed by atoms with van der Waals surface area (Å²) < 4.78 is 0.450. The van der Waals surface area contributed by atoms with Gasteiger partial charge in [0.05, 0.1) is 6.04 Å². The quantitative estimate of drug-likeness (QED) is 0.878. The Balaban J connectivity index is 1.83. The minimum absolute atomic E-state index is 0.392. The van der Waals surface area contributed by atoms with Gasteiger partial charge in [0, 0.05) is 22.9 Å². The van der Waals surface area contributed by atoms with Crippen LogP contribution in [0.25, 0.3) is 0 Å². The molecule has 15 heavy (non-hydrogen) atoms. The standard InChI is InChI=1S/C11H18N2S2/c1-9(10-12-5-7-14-10)13-8-11(2)4-3-6-15-11/h5,7,9,13H,3-4,6,8H2,1-2H3. The van der Waals surface area contributed by atoms with E-state index in [0.29, 0.717) is 10.8 Å². The first-order chi connectivity index (χ1) is 7.20. The van der Waals surface area contributed by atoms with Crippen LogP contribution in [0, 0.1) is 0 Å². The summed E-state index contributed by atoms with van der Waals surface area (Å²) in [5.41, 5.74) is 0. The fraction of sp³-hybridized carbons (Fsp3) is 0.727. The van der Waals surface area contributed by atoms with Crippen molar-refractivity contribution in [1.29, 1.82) is 0 Å². The topological polar surface area (TPSA) is 24.9 Å². The second-order valence-corrected chi connectivity index (χ2v) is 6.98. The van der Waals surface area contributed by atoms with E-state index in [0.717, 1.165) is 6.54 Å². The lowest BCUT2D eigenvalue weighted by atomic mass is 10.1. The van der Waals surface area contributed by atoms with Crippen molar-refractivity contribution in [2.24, 2.45) is 0 Å². The first-order valence-corrected chi connectivity index (χ1v) is 7.33. The van der Waals surface area contributed by atoms with Gasteiger partial charge in [0.1, 0.15) is 5.01 Å². The molecule has 0 spiro atoms. The third-order valence-electron chi connectivity index (χ3n) is 2.90. The highest BCUT2D eigenvalue weighted by Crippen LogP contribution is 2.37. The van der Waals surface area contributed by atoms with E-state index in [9.17, 15) is 0 Å². The zero-order valence-electron chi connectivity index (χ0n) is 9.32. The Morgan fingerprint density at radius 2 is 2.53 bits per heavy atom. The number of aromatic nitrogens is 1. The molecule has 2 atom stereocenters.